The maximum Gasteiger partial charge on any atom is 0.169 e. The molecule has 1 aromatic rings. The Hall–Kier alpha value is -1.20. The second-order valence-corrected chi connectivity index (χ2v) is 4.74. The number of Topliss-reactive ketones (excluding diaryl/α,β-unsaturated/α-hetero) is 1. The average Bonchev–Trinajstić information content (AvgIpc) is 2.99. The zero-order chi connectivity index (χ0) is 13.0. The van der Waals surface area contributed by atoms with Crippen molar-refractivity contribution < 1.29 is 9.53 Å². The van der Waals surface area contributed by atoms with Crippen LogP contribution in [-0.2, 0) is 22.5 Å². The number of imidazole rings is 1. The van der Waals surface area contributed by atoms with E-state index < -0.39 is 0 Å². The van der Waals surface area contributed by atoms with Gasteiger partial charge in [-0.05, 0) is 19.3 Å². The van der Waals surface area contributed by atoms with Crippen LogP contribution in [0, 0.1) is 0 Å². The Labute approximate surface area is 107 Å². The lowest BCUT2D eigenvalue weighted by molar-refractivity contribution is -0.129. The summed E-state index contributed by atoms with van der Waals surface area (Å²) in [6, 6.07) is 0. The zero-order valence-corrected chi connectivity index (χ0v) is 10.8. The summed E-state index contributed by atoms with van der Waals surface area (Å²) in [5.41, 5.74) is 5.54. The number of ether oxygens (including phenoxy) is 1. The Morgan fingerprint density at radius 3 is 3.11 bits per heavy atom. The predicted molar refractivity (Wildman–Crippen MR) is 68.2 cm³/mol. The molecule has 18 heavy (non-hydrogen) atoms. The van der Waals surface area contributed by atoms with Crippen molar-refractivity contribution in [2.45, 2.75) is 51.4 Å². The third-order valence-corrected chi connectivity index (χ3v) is 3.33. The van der Waals surface area contributed by atoms with Crippen LogP contribution in [0.2, 0.25) is 0 Å². The van der Waals surface area contributed by atoms with Crippen LogP contribution in [0.25, 0.3) is 0 Å². The first kappa shape index (κ1) is 13.2. The van der Waals surface area contributed by atoms with Crippen molar-refractivity contribution in [3.05, 3.63) is 18.2 Å². The van der Waals surface area contributed by atoms with Crippen LogP contribution in [0.3, 0.4) is 0 Å². The van der Waals surface area contributed by atoms with Gasteiger partial charge in [0.1, 0.15) is 11.9 Å². The highest BCUT2D eigenvalue weighted by molar-refractivity contribution is 5.84. The third-order valence-electron chi connectivity index (χ3n) is 3.33. The number of ketones is 1. The molecule has 5 heteroatoms. The molecule has 1 aromatic heterocycles. The summed E-state index contributed by atoms with van der Waals surface area (Å²) in [6.45, 7) is 3.51. The maximum atomic E-state index is 12.1. The molecule has 1 aliphatic rings. The molecule has 2 heterocycles. The molecule has 1 saturated heterocycles. The van der Waals surface area contributed by atoms with Gasteiger partial charge >= 0.3 is 0 Å². The molecule has 2 N–H and O–H groups in total. The maximum absolute atomic E-state index is 12.1. The number of rotatable bonds is 6. The molecule has 1 fully saturated rings. The largest absolute Gasteiger partial charge is 0.366 e. The molecule has 1 aliphatic heterocycles. The lowest BCUT2D eigenvalue weighted by Crippen LogP contribution is -2.27. The first-order chi connectivity index (χ1) is 8.74. The molecule has 0 aromatic carbocycles. The molecule has 2 unspecified atom stereocenters. The van der Waals surface area contributed by atoms with E-state index in [0.29, 0.717) is 13.0 Å². The van der Waals surface area contributed by atoms with Gasteiger partial charge in [-0.2, -0.15) is 0 Å². The number of carbonyl (C=O) groups is 1. The minimum atomic E-state index is -0.287. The minimum Gasteiger partial charge on any atom is -0.366 e. The number of hydrogen-bond donors (Lipinski definition) is 1. The summed E-state index contributed by atoms with van der Waals surface area (Å²) in [7, 11) is 0. The Morgan fingerprint density at radius 2 is 2.44 bits per heavy atom. The summed E-state index contributed by atoms with van der Waals surface area (Å²) in [5.74, 6) is 0.955. The van der Waals surface area contributed by atoms with Crippen molar-refractivity contribution in [3.8, 4) is 0 Å². The second-order valence-electron chi connectivity index (χ2n) is 4.74. The van der Waals surface area contributed by atoms with Crippen molar-refractivity contribution in [1.82, 2.24) is 9.55 Å². The standard InChI is InChI=1S/C13H21N3O2/c1-2-6-16-7-5-15-13(16)8-11(17)12-4-3-10(9-14)18-12/h5,7,10,12H,2-4,6,8-9,14H2,1H3. The summed E-state index contributed by atoms with van der Waals surface area (Å²) >= 11 is 0. The van der Waals surface area contributed by atoms with Gasteiger partial charge in [-0.3, -0.25) is 4.79 Å². The fourth-order valence-corrected chi connectivity index (χ4v) is 2.34. The van der Waals surface area contributed by atoms with E-state index in [-0.39, 0.29) is 18.0 Å². The van der Waals surface area contributed by atoms with E-state index in [1.54, 1.807) is 6.20 Å². The summed E-state index contributed by atoms with van der Waals surface area (Å²) in [4.78, 5) is 16.4. The van der Waals surface area contributed by atoms with Crippen molar-refractivity contribution in [2.24, 2.45) is 5.73 Å². The number of nitrogens with zero attached hydrogens (tertiary/aromatic N) is 2. The van der Waals surface area contributed by atoms with E-state index in [0.717, 1.165) is 31.6 Å². The van der Waals surface area contributed by atoms with E-state index in [9.17, 15) is 4.79 Å². The van der Waals surface area contributed by atoms with Gasteiger partial charge < -0.3 is 15.0 Å². The Balaban J connectivity index is 1.93. The molecule has 0 aliphatic carbocycles. The molecule has 0 spiro atoms. The summed E-state index contributed by atoms with van der Waals surface area (Å²) in [6.07, 6.45) is 6.49. The highest BCUT2D eigenvalue weighted by atomic mass is 16.5. The van der Waals surface area contributed by atoms with Gasteiger partial charge in [0.05, 0.1) is 12.5 Å². The van der Waals surface area contributed by atoms with E-state index in [4.69, 9.17) is 10.5 Å². The molecule has 5 nitrogen and oxygen atoms in total. The van der Waals surface area contributed by atoms with Gasteiger partial charge in [0, 0.05) is 25.5 Å². The van der Waals surface area contributed by atoms with Gasteiger partial charge in [0.25, 0.3) is 0 Å². The Bertz CT molecular complexity index is 403. The fourth-order valence-electron chi connectivity index (χ4n) is 2.34. The lowest BCUT2D eigenvalue weighted by atomic mass is 10.1. The number of hydrogen-bond acceptors (Lipinski definition) is 4. The van der Waals surface area contributed by atoms with Gasteiger partial charge in [-0.25, -0.2) is 4.98 Å². The fraction of sp³-hybridized carbons (Fsp3) is 0.692. The van der Waals surface area contributed by atoms with Crippen LogP contribution >= 0.6 is 0 Å². The average molecular weight is 251 g/mol. The smallest absolute Gasteiger partial charge is 0.169 e. The Kier molecular flexibility index (Phi) is 4.49. The molecular formula is C13H21N3O2. The normalized spacial score (nSPS) is 23.4. The van der Waals surface area contributed by atoms with Crippen LogP contribution in [-0.4, -0.2) is 34.1 Å². The molecule has 100 valence electrons. The second kappa shape index (κ2) is 6.11. The number of aromatic nitrogens is 2. The number of nitrogens with two attached hydrogens (primary N) is 1. The molecule has 2 rings (SSSR count). The summed E-state index contributed by atoms with van der Waals surface area (Å²) < 4.78 is 7.64. The highest BCUT2D eigenvalue weighted by Gasteiger charge is 2.30. The molecule has 0 amide bonds. The SMILES string of the molecule is CCCn1ccnc1CC(=O)C1CCC(CN)O1. The van der Waals surface area contributed by atoms with E-state index in [1.807, 2.05) is 10.8 Å². The van der Waals surface area contributed by atoms with Gasteiger partial charge in [0.15, 0.2) is 5.78 Å². The molecule has 0 radical (unpaired) electrons. The van der Waals surface area contributed by atoms with E-state index >= 15 is 0 Å². The molecule has 0 saturated carbocycles. The number of aryl methyl sites for hydroxylation is 1. The van der Waals surface area contributed by atoms with Crippen LogP contribution in [0.4, 0.5) is 0 Å². The minimum absolute atomic E-state index is 0.0503. The van der Waals surface area contributed by atoms with Crippen LogP contribution in [0.5, 0.6) is 0 Å². The first-order valence-corrected chi connectivity index (χ1v) is 6.62. The van der Waals surface area contributed by atoms with Crippen LogP contribution in [0.15, 0.2) is 12.4 Å². The number of carbonyl (C=O) groups excluding carboxylic acids is 1. The lowest BCUT2D eigenvalue weighted by Gasteiger charge is -2.12. The van der Waals surface area contributed by atoms with Crippen molar-refractivity contribution in [1.29, 1.82) is 0 Å². The van der Waals surface area contributed by atoms with Crippen LogP contribution in [0.1, 0.15) is 32.0 Å². The van der Waals surface area contributed by atoms with E-state index in [2.05, 4.69) is 11.9 Å². The first-order valence-electron chi connectivity index (χ1n) is 6.62. The van der Waals surface area contributed by atoms with E-state index in [1.165, 1.54) is 0 Å². The van der Waals surface area contributed by atoms with Crippen LogP contribution < -0.4 is 5.73 Å². The van der Waals surface area contributed by atoms with Gasteiger partial charge in [-0.15, -0.1) is 0 Å². The van der Waals surface area contributed by atoms with Gasteiger partial charge in [0.2, 0.25) is 0 Å². The van der Waals surface area contributed by atoms with Crippen molar-refractivity contribution in [3.63, 3.8) is 0 Å². The summed E-state index contributed by atoms with van der Waals surface area (Å²) in [5, 5.41) is 0. The highest BCUT2D eigenvalue weighted by Crippen LogP contribution is 2.20. The van der Waals surface area contributed by atoms with Crippen molar-refractivity contribution >= 4 is 5.78 Å². The zero-order valence-electron chi connectivity index (χ0n) is 10.8. The quantitative estimate of drug-likeness (QED) is 0.816. The monoisotopic (exact) mass is 251 g/mol. The predicted octanol–water partition coefficient (Wildman–Crippen LogP) is 0.911. The topological polar surface area (TPSA) is 70.1 Å². The molecular weight excluding hydrogens is 230 g/mol. The third kappa shape index (κ3) is 2.97. The molecule has 0 bridgehead atoms. The molecule has 2 atom stereocenters. The van der Waals surface area contributed by atoms with Gasteiger partial charge in [-0.1, -0.05) is 6.92 Å². The Morgan fingerprint density at radius 1 is 1.61 bits per heavy atom. The van der Waals surface area contributed by atoms with Crippen molar-refractivity contribution in [2.75, 3.05) is 6.54 Å².